The van der Waals surface area contributed by atoms with Crippen molar-refractivity contribution in [3.8, 4) is 0 Å². The molecule has 1 aromatic heterocycles. The molecule has 0 spiro atoms. The van der Waals surface area contributed by atoms with Gasteiger partial charge in [-0.2, -0.15) is 0 Å². The normalized spacial score (nSPS) is 10.2. The van der Waals surface area contributed by atoms with Gasteiger partial charge in [-0.3, -0.25) is 0 Å². The van der Waals surface area contributed by atoms with E-state index < -0.39 is 5.97 Å². The Morgan fingerprint density at radius 1 is 1.41 bits per heavy atom. The SMILES string of the molecule is Nc1c[nH]c(C(=O)OCc2ccccc2Br)c1. The monoisotopic (exact) mass is 294 g/mol. The van der Waals surface area contributed by atoms with Crippen LogP contribution in [0.5, 0.6) is 0 Å². The van der Waals surface area contributed by atoms with Gasteiger partial charge in [0.25, 0.3) is 0 Å². The maximum Gasteiger partial charge on any atom is 0.355 e. The minimum Gasteiger partial charge on any atom is -0.456 e. The van der Waals surface area contributed by atoms with Gasteiger partial charge in [0.1, 0.15) is 12.3 Å². The van der Waals surface area contributed by atoms with Gasteiger partial charge < -0.3 is 15.5 Å². The Bertz CT molecular complexity index is 537. The van der Waals surface area contributed by atoms with Crippen LogP contribution in [0.4, 0.5) is 5.69 Å². The molecule has 0 unspecified atom stereocenters. The van der Waals surface area contributed by atoms with Gasteiger partial charge in [0.2, 0.25) is 0 Å². The quantitative estimate of drug-likeness (QED) is 0.855. The van der Waals surface area contributed by atoms with Crippen LogP contribution >= 0.6 is 15.9 Å². The molecule has 0 atom stereocenters. The Morgan fingerprint density at radius 3 is 2.82 bits per heavy atom. The standard InChI is InChI=1S/C12H11BrN2O2/c13-10-4-2-1-3-8(10)7-17-12(16)11-5-9(14)6-15-11/h1-6,15H,7,14H2. The first kappa shape index (κ1) is 11.7. The van der Waals surface area contributed by atoms with Gasteiger partial charge in [-0.25, -0.2) is 4.79 Å². The molecule has 1 heterocycles. The highest BCUT2D eigenvalue weighted by Crippen LogP contribution is 2.17. The summed E-state index contributed by atoms with van der Waals surface area (Å²) in [6.45, 7) is 0.221. The molecule has 0 saturated heterocycles. The number of anilines is 1. The summed E-state index contributed by atoms with van der Waals surface area (Å²) < 4.78 is 6.07. The van der Waals surface area contributed by atoms with Gasteiger partial charge in [-0.1, -0.05) is 34.1 Å². The molecule has 0 amide bonds. The number of nitrogens with two attached hydrogens (primary N) is 1. The number of nitrogens with one attached hydrogen (secondary N) is 1. The molecule has 0 aliphatic carbocycles. The fourth-order valence-electron chi connectivity index (χ4n) is 1.37. The van der Waals surface area contributed by atoms with Crippen LogP contribution in [0.3, 0.4) is 0 Å². The minimum absolute atomic E-state index is 0.221. The number of halogens is 1. The van der Waals surface area contributed by atoms with E-state index in [0.29, 0.717) is 11.4 Å². The molecular formula is C12H11BrN2O2. The second-order valence-electron chi connectivity index (χ2n) is 3.51. The molecule has 0 aliphatic heterocycles. The highest BCUT2D eigenvalue weighted by molar-refractivity contribution is 9.10. The average molecular weight is 295 g/mol. The molecule has 1 aromatic carbocycles. The maximum atomic E-state index is 11.6. The molecule has 0 fully saturated rings. The van der Waals surface area contributed by atoms with Crippen molar-refractivity contribution in [1.29, 1.82) is 0 Å². The van der Waals surface area contributed by atoms with Crippen LogP contribution < -0.4 is 5.73 Å². The van der Waals surface area contributed by atoms with E-state index in [4.69, 9.17) is 10.5 Å². The van der Waals surface area contributed by atoms with E-state index >= 15 is 0 Å². The number of hydrogen-bond donors (Lipinski definition) is 2. The number of nitrogen functional groups attached to an aromatic ring is 1. The van der Waals surface area contributed by atoms with Gasteiger partial charge in [0.15, 0.2) is 0 Å². The van der Waals surface area contributed by atoms with Crippen molar-refractivity contribution in [2.75, 3.05) is 5.73 Å². The number of benzene rings is 1. The number of aromatic amines is 1. The number of H-pyrrole nitrogens is 1. The van der Waals surface area contributed by atoms with E-state index in [2.05, 4.69) is 20.9 Å². The zero-order chi connectivity index (χ0) is 12.3. The topological polar surface area (TPSA) is 68.1 Å². The molecule has 0 aliphatic rings. The second kappa shape index (κ2) is 5.05. The van der Waals surface area contributed by atoms with Crippen molar-refractivity contribution in [3.05, 3.63) is 52.3 Å². The van der Waals surface area contributed by atoms with Gasteiger partial charge in [0, 0.05) is 16.2 Å². The molecule has 88 valence electrons. The fraction of sp³-hybridized carbons (Fsp3) is 0.0833. The smallest absolute Gasteiger partial charge is 0.355 e. The molecule has 2 rings (SSSR count). The van der Waals surface area contributed by atoms with Crippen molar-refractivity contribution in [1.82, 2.24) is 4.98 Å². The van der Waals surface area contributed by atoms with Crippen molar-refractivity contribution in [3.63, 3.8) is 0 Å². The number of ether oxygens (including phenoxy) is 1. The predicted molar refractivity (Wildman–Crippen MR) is 68.5 cm³/mol. The van der Waals surface area contributed by atoms with Crippen LogP contribution in [0, 0.1) is 0 Å². The highest BCUT2D eigenvalue weighted by Gasteiger charge is 2.10. The Labute approximate surface area is 107 Å². The number of carbonyl (C=O) groups excluding carboxylic acids is 1. The summed E-state index contributed by atoms with van der Waals surface area (Å²) in [5, 5.41) is 0. The van der Waals surface area contributed by atoms with Crippen LogP contribution in [-0.2, 0) is 11.3 Å². The molecule has 17 heavy (non-hydrogen) atoms. The lowest BCUT2D eigenvalue weighted by atomic mass is 10.2. The summed E-state index contributed by atoms with van der Waals surface area (Å²) in [5.74, 6) is -0.419. The molecule has 4 nitrogen and oxygen atoms in total. The number of aromatic nitrogens is 1. The molecule has 3 N–H and O–H groups in total. The summed E-state index contributed by atoms with van der Waals surface area (Å²) in [7, 11) is 0. The van der Waals surface area contributed by atoms with Gasteiger partial charge in [0.05, 0.1) is 5.69 Å². The molecular weight excluding hydrogens is 284 g/mol. The molecule has 0 saturated carbocycles. The average Bonchev–Trinajstić information content (AvgIpc) is 2.74. The largest absolute Gasteiger partial charge is 0.456 e. The third-order valence-corrected chi connectivity index (χ3v) is 3.02. The first-order valence-corrected chi connectivity index (χ1v) is 5.80. The van der Waals surface area contributed by atoms with Gasteiger partial charge in [-0.05, 0) is 12.1 Å². The van der Waals surface area contributed by atoms with E-state index in [0.717, 1.165) is 10.0 Å². The number of rotatable bonds is 3. The Morgan fingerprint density at radius 2 is 2.18 bits per heavy atom. The lowest BCUT2D eigenvalue weighted by Crippen LogP contribution is -2.05. The predicted octanol–water partition coefficient (Wildman–Crippen LogP) is 2.72. The second-order valence-corrected chi connectivity index (χ2v) is 4.37. The third kappa shape index (κ3) is 2.88. The van der Waals surface area contributed by atoms with Crippen LogP contribution in [0.15, 0.2) is 41.0 Å². The van der Waals surface area contributed by atoms with Crippen LogP contribution in [0.1, 0.15) is 16.1 Å². The zero-order valence-electron chi connectivity index (χ0n) is 8.94. The first-order valence-electron chi connectivity index (χ1n) is 5.01. The summed E-state index contributed by atoms with van der Waals surface area (Å²) >= 11 is 3.39. The fourth-order valence-corrected chi connectivity index (χ4v) is 1.76. The van der Waals surface area contributed by atoms with E-state index in [9.17, 15) is 4.79 Å². The van der Waals surface area contributed by atoms with E-state index in [-0.39, 0.29) is 6.61 Å². The summed E-state index contributed by atoms with van der Waals surface area (Å²) in [5.41, 5.74) is 7.29. The van der Waals surface area contributed by atoms with Crippen LogP contribution in [-0.4, -0.2) is 11.0 Å². The third-order valence-electron chi connectivity index (χ3n) is 2.24. The van der Waals surface area contributed by atoms with E-state index in [1.54, 1.807) is 12.3 Å². The Balaban J connectivity index is 1.99. The van der Waals surface area contributed by atoms with E-state index in [1.807, 2.05) is 24.3 Å². The number of hydrogen-bond acceptors (Lipinski definition) is 3. The van der Waals surface area contributed by atoms with Crippen molar-refractivity contribution < 1.29 is 9.53 Å². The minimum atomic E-state index is -0.419. The number of carbonyl (C=O) groups is 1. The summed E-state index contributed by atoms with van der Waals surface area (Å²) in [6.07, 6.45) is 1.55. The van der Waals surface area contributed by atoms with Crippen molar-refractivity contribution in [2.45, 2.75) is 6.61 Å². The highest BCUT2D eigenvalue weighted by atomic mass is 79.9. The molecule has 5 heteroatoms. The van der Waals surface area contributed by atoms with Crippen molar-refractivity contribution >= 4 is 27.6 Å². The van der Waals surface area contributed by atoms with Gasteiger partial charge in [-0.15, -0.1) is 0 Å². The number of esters is 1. The molecule has 0 bridgehead atoms. The van der Waals surface area contributed by atoms with Crippen LogP contribution in [0.25, 0.3) is 0 Å². The first-order chi connectivity index (χ1) is 8.16. The van der Waals surface area contributed by atoms with Crippen molar-refractivity contribution in [2.24, 2.45) is 0 Å². The molecule has 0 radical (unpaired) electrons. The van der Waals surface area contributed by atoms with Gasteiger partial charge >= 0.3 is 5.97 Å². The maximum absolute atomic E-state index is 11.6. The Kier molecular flexibility index (Phi) is 3.49. The van der Waals surface area contributed by atoms with E-state index in [1.165, 1.54) is 0 Å². The van der Waals surface area contributed by atoms with Crippen LogP contribution in [0.2, 0.25) is 0 Å². The zero-order valence-corrected chi connectivity index (χ0v) is 10.5. The lowest BCUT2D eigenvalue weighted by Gasteiger charge is -2.05. The Hall–Kier alpha value is -1.75. The summed E-state index contributed by atoms with van der Waals surface area (Å²) in [4.78, 5) is 14.4. The molecule has 2 aromatic rings. The summed E-state index contributed by atoms with van der Waals surface area (Å²) in [6, 6.07) is 9.13. The lowest BCUT2D eigenvalue weighted by molar-refractivity contribution is 0.0466.